The van der Waals surface area contributed by atoms with E-state index in [0.29, 0.717) is 62.4 Å². The lowest BCUT2D eigenvalue weighted by molar-refractivity contribution is -0.139. The average molecular weight is 646 g/mol. The average Bonchev–Trinajstić information content (AvgIpc) is 3.47. The molecule has 4 rings (SSSR count). The molecule has 0 aromatic carbocycles. The van der Waals surface area contributed by atoms with E-state index in [1.807, 2.05) is 11.0 Å². The quantitative estimate of drug-likeness (QED) is 0.218. The normalized spacial score (nSPS) is 17.2. The van der Waals surface area contributed by atoms with E-state index in [9.17, 15) is 22.8 Å². The van der Waals surface area contributed by atoms with E-state index >= 15 is 0 Å². The first kappa shape index (κ1) is 34.0. The number of alkyl halides is 3. The van der Waals surface area contributed by atoms with Gasteiger partial charge in [-0.1, -0.05) is 25.6 Å². The van der Waals surface area contributed by atoms with E-state index in [1.54, 1.807) is 17.0 Å². The molecule has 0 aliphatic carbocycles. The molecule has 45 heavy (non-hydrogen) atoms. The Balaban J connectivity index is 1.29. The smallest absolute Gasteiger partial charge is 0.367 e. The van der Waals surface area contributed by atoms with Crippen LogP contribution in [-0.4, -0.2) is 92.2 Å². The lowest BCUT2D eigenvalue weighted by atomic mass is 10.2. The SMILES string of the molecule is C[Si](C)(C)CCOCn1ncc(N2CCC[C@H]2COCC#CC(=O)N2CCN(c3ccc(C#N)cn3)CC2)c(C(F)(F)F)c1=O. The maximum Gasteiger partial charge on any atom is 0.423 e. The standard InChI is InChI=1S/C30H38F3N7O4Si/c1-45(2,3)17-16-44-22-40-29(42)28(30(31,32)33)25(20-36-40)39-10-4-6-24(39)21-43-15-5-7-27(41)38-13-11-37(12-14-38)26-9-8-23(18-34)19-35-26/h8-9,19-20,24H,4,6,10-17,21-22H2,1-3H3/t24-/m0/s1. The summed E-state index contributed by atoms with van der Waals surface area (Å²) in [7, 11) is -1.40. The molecule has 1 atom stereocenters. The molecule has 2 aliphatic rings. The molecule has 15 heteroatoms. The van der Waals surface area contributed by atoms with Crippen molar-refractivity contribution >= 4 is 25.5 Å². The number of pyridine rings is 1. The molecule has 2 aromatic rings. The number of halogens is 3. The number of carbonyl (C=O) groups is 1. The van der Waals surface area contributed by atoms with E-state index < -0.39 is 31.4 Å². The van der Waals surface area contributed by atoms with Gasteiger partial charge >= 0.3 is 6.18 Å². The van der Waals surface area contributed by atoms with Gasteiger partial charge in [-0.3, -0.25) is 9.59 Å². The summed E-state index contributed by atoms with van der Waals surface area (Å²) in [6, 6.07) is 5.92. The monoisotopic (exact) mass is 645 g/mol. The molecule has 242 valence electrons. The summed E-state index contributed by atoms with van der Waals surface area (Å²) in [6.45, 7) is 8.89. The third-order valence-electron chi connectivity index (χ3n) is 7.65. The van der Waals surface area contributed by atoms with Gasteiger partial charge in [-0.25, -0.2) is 9.67 Å². The molecule has 0 bridgehead atoms. The van der Waals surface area contributed by atoms with E-state index in [-0.39, 0.29) is 31.5 Å². The fraction of sp³-hybridized carbons (Fsp3) is 0.567. The highest BCUT2D eigenvalue weighted by atomic mass is 28.3. The van der Waals surface area contributed by atoms with Gasteiger partial charge in [-0.15, -0.1) is 0 Å². The predicted octanol–water partition coefficient (Wildman–Crippen LogP) is 3.18. The highest BCUT2D eigenvalue weighted by Gasteiger charge is 2.41. The molecule has 2 fully saturated rings. The predicted molar refractivity (Wildman–Crippen MR) is 164 cm³/mol. The fourth-order valence-corrected chi connectivity index (χ4v) is 5.88. The second-order valence-electron chi connectivity index (χ2n) is 12.2. The number of nitrogens with zero attached hydrogens (tertiary/aromatic N) is 7. The maximum atomic E-state index is 14.1. The van der Waals surface area contributed by atoms with Crippen LogP contribution in [0, 0.1) is 23.2 Å². The fourth-order valence-electron chi connectivity index (χ4n) is 5.13. The van der Waals surface area contributed by atoms with Crippen LogP contribution in [0.2, 0.25) is 25.7 Å². The van der Waals surface area contributed by atoms with Crippen molar-refractivity contribution in [3.8, 4) is 17.9 Å². The molecule has 0 saturated carbocycles. The van der Waals surface area contributed by atoms with Crippen LogP contribution < -0.4 is 15.4 Å². The van der Waals surface area contributed by atoms with Gasteiger partial charge in [-0.2, -0.15) is 23.5 Å². The van der Waals surface area contributed by atoms with Crippen LogP contribution in [0.1, 0.15) is 24.0 Å². The summed E-state index contributed by atoms with van der Waals surface area (Å²) < 4.78 is 54.2. The minimum absolute atomic E-state index is 0.0636. The lowest BCUT2D eigenvalue weighted by Crippen LogP contribution is -2.48. The number of nitriles is 1. The van der Waals surface area contributed by atoms with Crippen molar-refractivity contribution in [3.05, 3.63) is 46.0 Å². The van der Waals surface area contributed by atoms with Crippen LogP contribution in [0.25, 0.3) is 0 Å². The zero-order valence-corrected chi connectivity index (χ0v) is 26.8. The van der Waals surface area contributed by atoms with Gasteiger partial charge in [-0.05, 0) is 36.9 Å². The number of hydrogen-bond donors (Lipinski definition) is 0. The maximum absolute atomic E-state index is 14.1. The van der Waals surface area contributed by atoms with Crippen LogP contribution >= 0.6 is 0 Å². The van der Waals surface area contributed by atoms with Gasteiger partial charge in [0.05, 0.1) is 30.1 Å². The zero-order valence-electron chi connectivity index (χ0n) is 25.8. The summed E-state index contributed by atoms with van der Waals surface area (Å²) in [5.74, 6) is 5.69. The third kappa shape index (κ3) is 9.29. The van der Waals surface area contributed by atoms with E-state index in [2.05, 4.69) is 41.6 Å². The van der Waals surface area contributed by atoms with Crippen LogP contribution in [0.5, 0.6) is 0 Å². The minimum Gasteiger partial charge on any atom is -0.367 e. The molecule has 2 aliphatic heterocycles. The second kappa shape index (κ2) is 14.9. The molecule has 0 unspecified atom stereocenters. The van der Waals surface area contributed by atoms with E-state index in [0.717, 1.165) is 18.1 Å². The van der Waals surface area contributed by atoms with E-state index in [1.165, 1.54) is 11.1 Å². The Morgan fingerprint density at radius 2 is 1.87 bits per heavy atom. The Bertz CT molecular complexity index is 1490. The Hall–Kier alpha value is -3.92. The zero-order chi connectivity index (χ0) is 32.6. The Morgan fingerprint density at radius 1 is 1.11 bits per heavy atom. The summed E-state index contributed by atoms with van der Waals surface area (Å²) >= 11 is 0. The molecular formula is C30H38F3N7O4Si. The second-order valence-corrected chi connectivity index (χ2v) is 17.8. The first-order valence-corrected chi connectivity index (χ1v) is 18.6. The molecule has 0 spiro atoms. The number of hydrogen-bond acceptors (Lipinski definition) is 9. The first-order valence-electron chi connectivity index (χ1n) is 14.9. The van der Waals surface area contributed by atoms with Crippen LogP contribution in [0.3, 0.4) is 0 Å². The van der Waals surface area contributed by atoms with Crippen molar-refractivity contribution in [2.45, 2.75) is 57.5 Å². The molecule has 11 nitrogen and oxygen atoms in total. The van der Waals surface area contributed by atoms with Gasteiger partial charge in [0.2, 0.25) is 0 Å². The Labute approximate surface area is 261 Å². The molecule has 2 saturated heterocycles. The van der Waals surface area contributed by atoms with Crippen molar-refractivity contribution in [3.63, 3.8) is 0 Å². The van der Waals surface area contributed by atoms with Crippen molar-refractivity contribution in [1.82, 2.24) is 19.7 Å². The number of ether oxygens (including phenoxy) is 2. The number of piperazine rings is 1. The van der Waals surface area contributed by atoms with Gasteiger partial charge in [0.25, 0.3) is 11.5 Å². The lowest BCUT2D eigenvalue weighted by Gasteiger charge is -2.34. The molecule has 2 aromatic heterocycles. The Kier molecular flexibility index (Phi) is 11.2. The van der Waals surface area contributed by atoms with Crippen LogP contribution in [0.15, 0.2) is 29.3 Å². The summed E-state index contributed by atoms with van der Waals surface area (Å²) in [6.07, 6.45) is -1.08. The van der Waals surface area contributed by atoms with Gasteiger partial charge in [0, 0.05) is 53.6 Å². The van der Waals surface area contributed by atoms with Crippen LogP contribution in [0.4, 0.5) is 24.7 Å². The number of aromatic nitrogens is 3. The Morgan fingerprint density at radius 3 is 2.51 bits per heavy atom. The van der Waals surface area contributed by atoms with Crippen molar-refractivity contribution < 1.29 is 27.4 Å². The molecule has 4 heterocycles. The largest absolute Gasteiger partial charge is 0.423 e. The number of amides is 1. The summed E-state index contributed by atoms with van der Waals surface area (Å²) in [5.41, 5.74) is -2.29. The minimum atomic E-state index is -4.88. The van der Waals surface area contributed by atoms with Crippen molar-refractivity contribution in [2.75, 3.05) is 62.3 Å². The van der Waals surface area contributed by atoms with Crippen LogP contribution in [-0.2, 0) is 27.2 Å². The number of rotatable bonds is 10. The number of anilines is 2. The van der Waals surface area contributed by atoms with Gasteiger partial charge in [0.1, 0.15) is 30.8 Å². The molecule has 0 N–H and O–H groups in total. The third-order valence-corrected chi connectivity index (χ3v) is 9.36. The van der Waals surface area contributed by atoms with Gasteiger partial charge in [0.15, 0.2) is 0 Å². The topological polar surface area (TPSA) is 117 Å². The van der Waals surface area contributed by atoms with Crippen molar-refractivity contribution in [1.29, 1.82) is 5.26 Å². The summed E-state index contributed by atoms with van der Waals surface area (Å²) in [4.78, 5) is 34.9. The highest BCUT2D eigenvalue weighted by Crippen LogP contribution is 2.36. The number of carbonyl (C=O) groups excluding carboxylic acids is 1. The van der Waals surface area contributed by atoms with E-state index in [4.69, 9.17) is 14.7 Å². The summed E-state index contributed by atoms with van der Waals surface area (Å²) in [5, 5.41) is 12.9. The van der Waals surface area contributed by atoms with Gasteiger partial charge < -0.3 is 24.2 Å². The molecular weight excluding hydrogens is 607 g/mol. The molecule has 0 radical (unpaired) electrons. The molecule has 1 amide bonds. The van der Waals surface area contributed by atoms with Crippen molar-refractivity contribution in [2.24, 2.45) is 0 Å². The highest BCUT2D eigenvalue weighted by molar-refractivity contribution is 6.76. The first-order chi connectivity index (χ1) is 21.4.